The molecule has 154 valence electrons. The first-order valence-corrected chi connectivity index (χ1v) is 11.7. The Morgan fingerprint density at radius 2 is 2.10 bits per heavy atom. The molecule has 30 heavy (non-hydrogen) atoms. The highest BCUT2D eigenvalue weighted by atomic mass is 32.2. The second-order valence-corrected chi connectivity index (χ2v) is 9.41. The average Bonchev–Trinajstić information content (AvgIpc) is 3.25. The van der Waals surface area contributed by atoms with E-state index in [-0.39, 0.29) is 11.7 Å². The predicted molar refractivity (Wildman–Crippen MR) is 118 cm³/mol. The van der Waals surface area contributed by atoms with Crippen LogP contribution in [0.4, 0.5) is 5.00 Å². The zero-order valence-corrected chi connectivity index (χ0v) is 18.6. The van der Waals surface area contributed by atoms with E-state index < -0.39 is 0 Å². The molecule has 0 bridgehead atoms. The predicted octanol–water partition coefficient (Wildman–Crippen LogP) is 4.21. The number of nitrogens with one attached hydrogen (secondary N) is 1. The topological polar surface area (TPSA) is 96.5 Å². The number of aromatic nitrogens is 4. The van der Waals surface area contributed by atoms with Crippen molar-refractivity contribution in [1.82, 2.24) is 20.2 Å². The number of hydrogen-bond donors (Lipinski definition) is 1. The Bertz CT molecular complexity index is 1130. The molecule has 0 aliphatic heterocycles. The minimum absolute atomic E-state index is 0.164. The maximum Gasteiger partial charge on any atom is 0.235 e. The van der Waals surface area contributed by atoms with Gasteiger partial charge in [0.1, 0.15) is 11.1 Å². The number of aryl methyl sites for hydroxylation is 3. The Balaban J connectivity index is 1.45. The Morgan fingerprint density at radius 1 is 1.27 bits per heavy atom. The van der Waals surface area contributed by atoms with Gasteiger partial charge in [-0.1, -0.05) is 24.2 Å². The monoisotopic (exact) mass is 438 g/mol. The minimum Gasteiger partial charge on any atom is -0.316 e. The molecule has 7 nitrogen and oxygen atoms in total. The van der Waals surface area contributed by atoms with E-state index >= 15 is 0 Å². The molecule has 9 heteroatoms. The highest BCUT2D eigenvalue weighted by Gasteiger charge is 2.21. The van der Waals surface area contributed by atoms with Crippen LogP contribution in [-0.4, -0.2) is 31.9 Å². The Hall–Kier alpha value is -2.70. The minimum atomic E-state index is -0.164. The molecular formula is C21H22N6OS2. The zero-order valence-electron chi connectivity index (χ0n) is 16.9. The lowest BCUT2D eigenvalue weighted by Gasteiger charge is -2.07. The van der Waals surface area contributed by atoms with Crippen LogP contribution < -0.4 is 5.32 Å². The molecule has 1 N–H and O–H groups in total. The van der Waals surface area contributed by atoms with Crippen molar-refractivity contribution in [2.75, 3.05) is 11.1 Å². The fraction of sp³-hybridized carbons (Fsp3) is 0.381. The summed E-state index contributed by atoms with van der Waals surface area (Å²) in [7, 11) is 0. The summed E-state index contributed by atoms with van der Waals surface area (Å²) in [6.07, 6.45) is 5.35. The molecule has 2 aromatic heterocycles. The number of rotatable bonds is 5. The lowest BCUT2D eigenvalue weighted by atomic mass is 10.1. The number of thioether (sulfide) groups is 1. The lowest BCUT2D eigenvalue weighted by molar-refractivity contribution is -0.113. The van der Waals surface area contributed by atoms with Gasteiger partial charge in [-0.15, -0.1) is 16.4 Å². The third-order valence-corrected chi connectivity index (χ3v) is 7.42. The fourth-order valence-electron chi connectivity index (χ4n) is 3.53. The summed E-state index contributed by atoms with van der Waals surface area (Å²) in [6.45, 7) is 4.09. The van der Waals surface area contributed by atoms with E-state index in [0.29, 0.717) is 15.7 Å². The van der Waals surface area contributed by atoms with E-state index in [1.807, 2.05) is 25.1 Å². The molecule has 0 spiro atoms. The molecular weight excluding hydrogens is 416 g/mol. The Morgan fingerprint density at radius 3 is 2.90 bits per heavy atom. The van der Waals surface area contributed by atoms with Gasteiger partial charge in [-0.05, 0) is 78.8 Å². The molecule has 1 aliphatic carbocycles. The smallest absolute Gasteiger partial charge is 0.235 e. The highest BCUT2D eigenvalue weighted by Crippen LogP contribution is 2.37. The first-order valence-electron chi connectivity index (χ1n) is 9.90. The molecule has 1 aromatic carbocycles. The number of carbonyl (C=O) groups excluding carboxylic acids is 1. The summed E-state index contributed by atoms with van der Waals surface area (Å²) >= 11 is 2.82. The van der Waals surface area contributed by atoms with Crippen LogP contribution in [-0.2, 0) is 17.6 Å². The second kappa shape index (κ2) is 8.98. The Kier molecular flexibility index (Phi) is 6.16. The molecule has 0 unspecified atom stereocenters. The number of benzene rings is 1. The van der Waals surface area contributed by atoms with Crippen molar-refractivity contribution in [3.8, 4) is 11.8 Å². The van der Waals surface area contributed by atoms with Crippen molar-refractivity contribution in [2.45, 2.75) is 51.1 Å². The van der Waals surface area contributed by atoms with Crippen molar-refractivity contribution in [3.63, 3.8) is 0 Å². The summed E-state index contributed by atoms with van der Waals surface area (Å²) in [4.78, 5) is 13.8. The largest absolute Gasteiger partial charge is 0.316 e. The Labute approximate surface area is 183 Å². The van der Waals surface area contributed by atoms with Gasteiger partial charge in [-0.25, -0.2) is 0 Å². The zero-order chi connectivity index (χ0) is 21.1. The van der Waals surface area contributed by atoms with E-state index in [0.717, 1.165) is 42.5 Å². The summed E-state index contributed by atoms with van der Waals surface area (Å²) in [5.74, 6) is 0.00102. The van der Waals surface area contributed by atoms with Gasteiger partial charge in [0.2, 0.25) is 11.1 Å². The lowest BCUT2D eigenvalue weighted by Crippen LogP contribution is -2.14. The summed E-state index contributed by atoms with van der Waals surface area (Å²) in [5.41, 5.74) is 4.97. The number of carbonyl (C=O) groups is 1. The number of hydrogen-bond acceptors (Lipinski definition) is 7. The van der Waals surface area contributed by atoms with Crippen LogP contribution in [0.5, 0.6) is 0 Å². The van der Waals surface area contributed by atoms with Gasteiger partial charge < -0.3 is 5.32 Å². The van der Waals surface area contributed by atoms with E-state index in [4.69, 9.17) is 0 Å². The van der Waals surface area contributed by atoms with Gasteiger partial charge in [0.25, 0.3) is 0 Å². The van der Waals surface area contributed by atoms with Gasteiger partial charge in [-0.2, -0.15) is 9.94 Å². The molecule has 3 aromatic rings. The van der Waals surface area contributed by atoms with Crippen LogP contribution in [0, 0.1) is 25.2 Å². The second-order valence-electron chi connectivity index (χ2n) is 7.36. The molecule has 0 saturated heterocycles. The molecule has 0 saturated carbocycles. The van der Waals surface area contributed by atoms with Gasteiger partial charge in [0, 0.05) is 4.88 Å². The van der Waals surface area contributed by atoms with Crippen molar-refractivity contribution < 1.29 is 4.79 Å². The number of anilines is 1. The van der Waals surface area contributed by atoms with E-state index in [2.05, 4.69) is 33.8 Å². The van der Waals surface area contributed by atoms with Gasteiger partial charge in [-0.3, -0.25) is 4.79 Å². The van der Waals surface area contributed by atoms with Gasteiger partial charge in [0.05, 0.1) is 17.0 Å². The van der Waals surface area contributed by atoms with Crippen molar-refractivity contribution in [3.05, 3.63) is 45.3 Å². The normalized spacial score (nSPS) is 13.4. The van der Waals surface area contributed by atoms with Crippen molar-refractivity contribution >= 4 is 34.0 Å². The molecule has 2 heterocycles. The maximum absolute atomic E-state index is 12.6. The van der Waals surface area contributed by atoms with Crippen LogP contribution in [0.1, 0.15) is 46.4 Å². The first kappa shape index (κ1) is 20.6. The van der Waals surface area contributed by atoms with Crippen LogP contribution in [0.2, 0.25) is 0 Å². The van der Waals surface area contributed by atoms with Gasteiger partial charge >= 0.3 is 0 Å². The average molecular weight is 439 g/mol. The molecule has 4 rings (SSSR count). The number of thiophene rings is 1. The molecule has 0 radical (unpaired) electrons. The maximum atomic E-state index is 12.6. The fourth-order valence-corrected chi connectivity index (χ4v) is 5.48. The molecule has 1 aliphatic rings. The summed E-state index contributed by atoms with van der Waals surface area (Å²) in [5, 5.41) is 25.7. The number of fused-ring (bicyclic) bond motifs is 1. The highest BCUT2D eigenvalue weighted by molar-refractivity contribution is 7.99. The number of amides is 1. The van der Waals surface area contributed by atoms with Crippen LogP contribution >= 0.6 is 23.1 Å². The summed E-state index contributed by atoms with van der Waals surface area (Å²) in [6, 6.07) is 8.31. The third-order valence-electron chi connectivity index (χ3n) is 5.29. The quantitative estimate of drug-likeness (QED) is 0.473. The SMILES string of the molecule is Cc1ccc(-n2nnnc2SCC(=O)Nc2sc3c(c2C#N)CCCCC3)cc1C. The van der Waals surface area contributed by atoms with Crippen LogP contribution in [0.15, 0.2) is 23.4 Å². The molecule has 0 atom stereocenters. The number of nitrogens with zero attached hydrogens (tertiary/aromatic N) is 5. The summed E-state index contributed by atoms with van der Waals surface area (Å²) < 4.78 is 1.64. The van der Waals surface area contributed by atoms with Crippen LogP contribution in [0.3, 0.4) is 0 Å². The van der Waals surface area contributed by atoms with Crippen molar-refractivity contribution in [1.29, 1.82) is 5.26 Å². The van der Waals surface area contributed by atoms with E-state index in [1.54, 1.807) is 16.0 Å². The number of tetrazole rings is 1. The third kappa shape index (κ3) is 4.25. The molecule has 0 fully saturated rings. The van der Waals surface area contributed by atoms with Gasteiger partial charge in [0.15, 0.2) is 0 Å². The van der Waals surface area contributed by atoms with Crippen LogP contribution in [0.25, 0.3) is 5.69 Å². The molecule has 1 amide bonds. The number of nitriles is 1. The van der Waals surface area contributed by atoms with E-state index in [9.17, 15) is 10.1 Å². The standard InChI is InChI=1S/C21H22N6OS2/c1-13-8-9-15(10-14(13)2)27-21(24-25-26-27)29-12-19(28)23-20-17(11-22)16-6-4-3-5-7-18(16)30-20/h8-10H,3-7,12H2,1-2H3,(H,23,28). The van der Waals surface area contributed by atoms with Crippen molar-refractivity contribution in [2.24, 2.45) is 0 Å². The van der Waals surface area contributed by atoms with E-state index in [1.165, 1.54) is 28.6 Å². The first-order chi connectivity index (χ1) is 14.6.